The van der Waals surface area contributed by atoms with Crippen LogP contribution in [0.4, 0.5) is 10.7 Å². The molecule has 2 aromatic carbocycles. The average Bonchev–Trinajstić information content (AvgIpc) is 3.45. The molecule has 1 fully saturated rings. The molecule has 0 spiro atoms. The molecule has 1 aromatic heterocycles. The number of fused-ring (bicyclic) bond motifs is 3. The van der Waals surface area contributed by atoms with Gasteiger partial charge in [0.2, 0.25) is 5.88 Å². The number of amides is 2. The predicted octanol–water partition coefficient (Wildman–Crippen LogP) is 3.35. The summed E-state index contributed by atoms with van der Waals surface area (Å²) in [5.41, 5.74) is 2.87. The van der Waals surface area contributed by atoms with E-state index in [1.165, 1.54) is 17.9 Å². The second kappa shape index (κ2) is 8.88. The third-order valence-electron chi connectivity index (χ3n) is 6.31. The van der Waals surface area contributed by atoms with E-state index in [1.807, 2.05) is 36.4 Å². The Balaban J connectivity index is 1.21. The van der Waals surface area contributed by atoms with Gasteiger partial charge in [0, 0.05) is 18.5 Å². The maximum atomic E-state index is 12.8. The minimum Gasteiger partial charge on any atom is -0.479 e. The number of rotatable bonds is 5. The van der Waals surface area contributed by atoms with Crippen molar-refractivity contribution in [3.63, 3.8) is 0 Å². The van der Waals surface area contributed by atoms with Crippen LogP contribution in [-0.4, -0.2) is 65.0 Å². The molecule has 1 unspecified atom stereocenters. The van der Waals surface area contributed by atoms with Crippen LogP contribution < -0.4 is 5.32 Å². The maximum absolute atomic E-state index is 12.8. The van der Waals surface area contributed by atoms with Crippen LogP contribution in [-0.2, 0) is 14.3 Å². The molecule has 35 heavy (non-hydrogen) atoms. The highest BCUT2D eigenvalue weighted by Gasteiger charge is 2.41. The van der Waals surface area contributed by atoms with Crippen LogP contribution in [0.5, 0.6) is 0 Å². The number of benzene rings is 2. The Kier molecular flexibility index (Phi) is 5.73. The first-order valence-corrected chi connectivity index (χ1v) is 11.1. The molecule has 1 atom stereocenters. The Morgan fingerprint density at radius 1 is 1.14 bits per heavy atom. The monoisotopic (exact) mass is 477 g/mol. The molecule has 10 heteroatoms. The van der Waals surface area contributed by atoms with Crippen molar-refractivity contribution in [2.75, 3.05) is 31.6 Å². The Morgan fingerprint density at radius 3 is 2.46 bits per heavy atom. The summed E-state index contributed by atoms with van der Waals surface area (Å²) in [6.07, 6.45) is -0.744. The van der Waals surface area contributed by atoms with Crippen LogP contribution in [0.25, 0.3) is 11.1 Å². The van der Waals surface area contributed by atoms with Crippen LogP contribution in [0.1, 0.15) is 34.5 Å². The number of aromatic nitrogens is 1. The van der Waals surface area contributed by atoms with Crippen molar-refractivity contribution in [3.05, 3.63) is 71.4 Å². The molecule has 2 heterocycles. The van der Waals surface area contributed by atoms with E-state index in [2.05, 4.69) is 22.6 Å². The largest absolute Gasteiger partial charge is 0.479 e. The van der Waals surface area contributed by atoms with E-state index in [1.54, 1.807) is 0 Å². The number of nitrogens with zero attached hydrogens (tertiary/aromatic N) is 2. The number of hydrogen-bond acceptors (Lipinski definition) is 7. The van der Waals surface area contributed by atoms with E-state index < -0.39 is 23.6 Å². The van der Waals surface area contributed by atoms with E-state index >= 15 is 0 Å². The molecular formula is C25H23N3O7. The molecule has 1 aliphatic carbocycles. The van der Waals surface area contributed by atoms with Gasteiger partial charge < -0.3 is 24.0 Å². The van der Waals surface area contributed by atoms with Crippen LogP contribution in [0.15, 0.2) is 59.1 Å². The molecule has 2 N–H and O–H groups in total. The molecule has 10 nitrogen and oxygen atoms in total. The van der Waals surface area contributed by atoms with Crippen molar-refractivity contribution in [1.29, 1.82) is 0 Å². The number of carboxylic acid groups (broad SMARTS) is 1. The third kappa shape index (κ3) is 4.24. The molecule has 0 bridgehead atoms. The topological polar surface area (TPSA) is 131 Å². The molecule has 0 saturated carbocycles. The highest BCUT2D eigenvalue weighted by molar-refractivity contribution is 5.94. The summed E-state index contributed by atoms with van der Waals surface area (Å²) in [4.78, 5) is 38.0. The summed E-state index contributed by atoms with van der Waals surface area (Å²) in [7, 11) is 0. The van der Waals surface area contributed by atoms with E-state index in [-0.39, 0.29) is 43.8 Å². The molecule has 2 aliphatic rings. The normalized spacial score (nSPS) is 19.1. The molecular weight excluding hydrogens is 454 g/mol. The number of aliphatic carboxylic acids is 1. The van der Waals surface area contributed by atoms with Gasteiger partial charge in [-0.2, -0.15) is 0 Å². The smallest absolute Gasteiger partial charge is 0.414 e. The van der Waals surface area contributed by atoms with Gasteiger partial charge in [0.05, 0.1) is 13.2 Å². The number of carbonyl (C=O) groups is 3. The zero-order valence-electron chi connectivity index (χ0n) is 18.9. The summed E-state index contributed by atoms with van der Waals surface area (Å²) in [5, 5.41) is 15.5. The van der Waals surface area contributed by atoms with Gasteiger partial charge in [-0.1, -0.05) is 53.7 Å². The number of carbonyl (C=O) groups excluding carboxylic acids is 2. The summed E-state index contributed by atoms with van der Waals surface area (Å²) < 4.78 is 15.8. The van der Waals surface area contributed by atoms with Crippen molar-refractivity contribution in [1.82, 2.24) is 10.1 Å². The fraction of sp³-hybridized carbons (Fsp3) is 0.280. The fourth-order valence-corrected chi connectivity index (χ4v) is 4.50. The lowest BCUT2D eigenvalue weighted by Gasteiger charge is -2.37. The summed E-state index contributed by atoms with van der Waals surface area (Å²) in [6.45, 7) is 1.69. The molecule has 3 aromatic rings. The number of ether oxygens (including phenoxy) is 2. The first kappa shape index (κ1) is 22.6. The summed E-state index contributed by atoms with van der Waals surface area (Å²) in [5.74, 6) is -1.83. The van der Waals surface area contributed by atoms with Gasteiger partial charge in [0.15, 0.2) is 11.3 Å². The Hall–Kier alpha value is -4.18. The summed E-state index contributed by atoms with van der Waals surface area (Å²) in [6, 6.07) is 17.3. The number of nitrogens with one attached hydrogen (secondary N) is 1. The maximum Gasteiger partial charge on any atom is 0.414 e. The lowest BCUT2D eigenvalue weighted by atomic mass is 9.98. The minimum atomic E-state index is -1.50. The third-order valence-corrected chi connectivity index (χ3v) is 6.31. The van der Waals surface area contributed by atoms with Gasteiger partial charge in [-0.05, 0) is 29.2 Å². The van der Waals surface area contributed by atoms with Gasteiger partial charge in [-0.25, -0.2) is 9.59 Å². The van der Waals surface area contributed by atoms with Crippen LogP contribution >= 0.6 is 0 Å². The summed E-state index contributed by atoms with van der Waals surface area (Å²) >= 11 is 0. The quantitative estimate of drug-likeness (QED) is 0.572. The SMILES string of the molecule is CC1(C(=O)O)CN(C(=O)c2cc(NC(=O)OCC3c4ccccc4-c4ccccc43)on2)CCO1. The van der Waals surface area contributed by atoms with Crippen LogP contribution in [0.2, 0.25) is 0 Å². The lowest BCUT2D eigenvalue weighted by Crippen LogP contribution is -2.56. The molecule has 180 valence electrons. The molecule has 2 amide bonds. The van der Waals surface area contributed by atoms with Crippen molar-refractivity contribution in [2.24, 2.45) is 0 Å². The molecule has 1 aliphatic heterocycles. The van der Waals surface area contributed by atoms with E-state index in [0.29, 0.717) is 0 Å². The van der Waals surface area contributed by atoms with E-state index in [9.17, 15) is 19.5 Å². The minimum absolute atomic E-state index is 0.0557. The van der Waals surface area contributed by atoms with E-state index in [4.69, 9.17) is 14.0 Å². The van der Waals surface area contributed by atoms with Crippen LogP contribution in [0, 0.1) is 0 Å². The predicted molar refractivity (Wildman–Crippen MR) is 123 cm³/mol. The van der Waals surface area contributed by atoms with Crippen molar-refractivity contribution >= 4 is 23.9 Å². The standard InChI is InChI=1S/C25H23N3O7/c1-25(23(30)31)14-28(10-11-34-25)22(29)20-12-21(35-27-20)26-24(32)33-13-19-17-8-4-2-6-15(17)16-7-3-5-9-18(16)19/h2-9,12,19H,10-11,13-14H2,1H3,(H,26,32)(H,30,31). The fourth-order valence-electron chi connectivity index (χ4n) is 4.50. The highest BCUT2D eigenvalue weighted by Crippen LogP contribution is 2.44. The van der Waals surface area contributed by atoms with Crippen LogP contribution in [0.3, 0.4) is 0 Å². The van der Waals surface area contributed by atoms with Gasteiger partial charge in [0.25, 0.3) is 5.91 Å². The first-order valence-electron chi connectivity index (χ1n) is 11.1. The molecule has 0 radical (unpaired) electrons. The second-order valence-electron chi connectivity index (χ2n) is 8.64. The molecule has 5 rings (SSSR count). The van der Waals surface area contributed by atoms with Crippen molar-refractivity contribution < 1.29 is 33.5 Å². The van der Waals surface area contributed by atoms with Gasteiger partial charge in [-0.15, -0.1) is 0 Å². The van der Waals surface area contributed by atoms with E-state index in [0.717, 1.165) is 22.3 Å². The average molecular weight is 477 g/mol. The number of carboxylic acids is 1. The van der Waals surface area contributed by atoms with Crippen molar-refractivity contribution in [3.8, 4) is 11.1 Å². The lowest BCUT2D eigenvalue weighted by molar-refractivity contribution is -0.171. The van der Waals surface area contributed by atoms with Gasteiger partial charge in [0.1, 0.15) is 6.61 Å². The Labute approximate surface area is 200 Å². The van der Waals surface area contributed by atoms with Gasteiger partial charge in [-0.3, -0.25) is 10.1 Å². The highest BCUT2D eigenvalue weighted by atomic mass is 16.6. The van der Waals surface area contributed by atoms with Gasteiger partial charge >= 0.3 is 12.1 Å². The number of morpholine rings is 1. The molecule has 1 saturated heterocycles. The van der Waals surface area contributed by atoms with Crippen molar-refractivity contribution in [2.45, 2.75) is 18.4 Å². The second-order valence-corrected chi connectivity index (χ2v) is 8.64. The number of anilines is 1. The number of hydrogen-bond donors (Lipinski definition) is 2. The Morgan fingerprint density at radius 2 is 1.80 bits per heavy atom. The Bertz CT molecular complexity index is 1260. The first-order chi connectivity index (χ1) is 16.9. The zero-order valence-corrected chi connectivity index (χ0v) is 18.9. The zero-order chi connectivity index (χ0) is 24.6.